The van der Waals surface area contributed by atoms with Gasteiger partial charge in [0.05, 0.1) is 12.9 Å². The Balaban J connectivity index is 2.27. The fourth-order valence-electron chi connectivity index (χ4n) is 1.42. The van der Waals surface area contributed by atoms with Crippen molar-refractivity contribution in [3.05, 3.63) is 62.7 Å². The van der Waals surface area contributed by atoms with Gasteiger partial charge in [0.1, 0.15) is 0 Å². The molecule has 1 aromatic carbocycles. The van der Waals surface area contributed by atoms with E-state index in [0.717, 1.165) is 15.7 Å². The van der Waals surface area contributed by atoms with Crippen molar-refractivity contribution < 1.29 is 0 Å². The fraction of sp³-hybridized carbons (Fsp3) is 0.167. The molecule has 82 valence electrons. The van der Waals surface area contributed by atoms with Crippen LogP contribution in [0.15, 0.2) is 45.9 Å². The highest BCUT2D eigenvalue weighted by atomic mass is 79.9. The van der Waals surface area contributed by atoms with Crippen LogP contribution in [0.3, 0.4) is 0 Å². The zero-order valence-corrected chi connectivity index (χ0v) is 10.4. The zero-order chi connectivity index (χ0) is 11.5. The summed E-state index contributed by atoms with van der Waals surface area (Å²) in [5.74, 6) is 0. The first-order chi connectivity index (χ1) is 7.65. The smallest absolute Gasteiger partial charge is 0.253 e. The lowest BCUT2D eigenvalue weighted by molar-refractivity contribution is 0.730. The van der Waals surface area contributed by atoms with Gasteiger partial charge in [-0.25, -0.2) is 4.98 Å². The molecule has 0 unspecified atom stereocenters. The summed E-state index contributed by atoms with van der Waals surface area (Å²) in [6.07, 6.45) is 1.58. The fourth-order valence-corrected chi connectivity index (χ4v) is 1.69. The van der Waals surface area contributed by atoms with E-state index >= 15 is 0 Å². The van der Waals surface area contributed by atoms with Crippen molar-refractivity contribution in [3.63, 3.8) is 0 Å². The van der Waals surface area contributed by atoms with Crippen molar-refractivity contribution in [2.45, 2.75) is 13.5 Å². The molecule has 0 fully saturated rings. The highest BCUT2D eigenvalue weighted by Gasteiger charge is 1.98. The highest BCUT2D eigenvalue weighted by molar-refractivity contribution is 9.10. The van der Waals surface area contributed by atoms with E-state index in [0.29, 0.717) is 6.54 Å². The maximum absolute atomic E-state index is 11.6. The number of benzene rings is 1. The Morgan fingerprint density at radius 2 is 2.00 bits per heavy atom. The third-order valence-electron chi connectivity index (χ3n) is 2.28. The van der Waals surface area contributed by atoms with Gasteiger partial charge in [-0.1, -0.05) is 28.1 Å². The molecule has 0 aliphatic rings. The molecule has 16 heavy (non-hydrogen) atoms. The van der Waals surface area contributed by atoms with Crippen LogP contribution in [0.1, 0.15) is 11.3 Å². The average Bonchev–Trinajstić information content (AvgIpc) is 2.25. The van der Waals surface area contributed by atoms with E-state index in [2.05, 4.69) is 20.9 Å². The van der Waals surface area contributed by atoms with Crippen LogP contribution in [0.4, 0.5) is 0 Å². The number of nitrogens with zero attached hydrogens (tertiary/aromatic N) is 2. The lowest BCUT2D eigenvalue weighted by atomic mass is 10.2. The molecular weight excluding hydrogens is 268 g/mol. The van der Waals surface area contributed by atoms with Crippen LogP contribution < -0.4 is 5.56 Å². The largest absolute Gasteiger partial charge is 0.295 e. The van der Waals surface area contributed by atoms with Crippen LogP contribution in [0.5, 0.6) is 0 Å². The van der Waals surface area contributed by atoms with E-state index in [-0.39, 0.29) is 5.56 Å². The summed E-state index contributed by atoms with van der Waals surface area (Å²) in [4.78, 5) is 15.7. The van der Waals surface area contributed by atoms with Gasteiger partial charge in [0.25, 0.3) is 5.56 Å². The van der Waals surface area contributed by atoms with Crippen LogP contribution in [0.2, 0.25) is 0 Å². The topological polar surface area (TPSA) is 34.9 Å². The van der Waals surface area contributed by atoms with E-state index in [9.17, 15) is 4.79 Å². The zero-order valence-electron chi connectivity index (χ0n) is 8.85. The molecule has 0 saturated heterocycles. The van der Waals surface area contributed by atoms with Crippen molar-refractivity contribution in [2.75, 3.05) is 0 Å². The number of hydrogen-bond acceptors (Lipinski definition) is 2. The quantitative estimate of drug-likeness (QED) is 0.845. The number of aromatic nitrogens is 2. The maximum atomic E-state index is 11.6. The Kier molecular flexibility index (Phi) is 3.19. The molecular formula is C12H11BrN2O. The third kappa shape index (κ3) is 2.58. The molecule has 0 N–H and O–H groups in total. The van der Waals surface area contributed by atoms with E-state index in [4.69, 9.17) is 0 Å². The van der Waals surface area contributed by atoms with Gasteiger partial charge in [-0.05, 0) is 24.6 Å². The normalized spacial score (nSPS) is 10.4. The Morgan fingerprint density at radius 3 is 2.62 bits per heavy atom. The summed E-state index contributed by atoms with van der Waals surface area (Å²) >= 11 is 3.37. The molecule has 2 rings (SSSR count). The Labute approximate surface area is 102 Å². The summed E-state index contributed by atoms with van der Waals surface area (Å²) in [5.41, 5.74) is 1.81. The van der Waals surface area contributed by atoms with E-state index in [1.54, 1.807) is 17.0 Å². The minimum atomic E-state index is -0.0181. The van der Waals surface area contributed by atoms with Gasteiger partial charge in [-0.15, -0.1) is 0 Å². The first-order valence-corrected chi connectivity index (χ1v) is 5.72. The lowest BCUT2D eigenvalue weighted by Crippen LogP contribution is -2.20. The van der Waals surface area contributed by atoms with E-state index < -0.39 is 0 Å². The summed E-state index contributed by atoms with van der Waals surface area (Å²) in [5, 5.41) is 0. The minimum Gasteiger partial charge on any atom is -0.295 e. The SMILES string of the molecule is Cc1cc(=O)n(Cc2ccc(Br)cc2)cn1. The molecule has 0 amide bonds. The molecule has 0 spiro atoms. The molecule has 0 saturated carbocycles. The summed E-state index contributed by atoms with van der Waals surface area (Å²) < 4.78 is 2.63. The number of halogens is 1. The minimum absolute atomic E-state index is 0.0181. The van der Waals surface area contributed by atoms with Gasteiger partial charge in [-0.2, -0.15) is 0 Å². The van der Waals surface area contributed by atoms with Crippen LogP contribution in [-0.2, 0) is 6.54 Å². The van der Waals surface area contributed by atoms with E-state index in [1.807, 2.05) is 31.2 Å². The monoisotopic (exact) mass is 278 g/mol. The first kappa shape index (κ1) is 11.1. The summed E-state index contributed by atoms with van der Waals surface area (Å²) in [6.45, 7) is 2.37. The van der Waals surface area contributed by atoms with Crippen LogP contribution >= 0.6 is 15.9 Å². The molecule has 0 aliphatic heterocycles. The Hall–Kier alpha value is -1.42. The molecule has 0 radical (unpaired) electrons. The predicted octanol–water partition coefficient (Wildman–Crippen LogP) is 2.36. The molecule has 0 aliphatic carbocycles. The second kappa shape index (κ2) is 4.61. The van der Waals surface area contributed by atoms with Crippen molar-refractivity contribution in [1.82, 2.24) is 9.55 Å². The molecule has 1 aromatic heterocycles. The lowest BCUT2D eigenvalue weighted by Gasteiger charge is -2.05. The summed E-state index contributed by atoms with van der Waals surface area (Å²) in [6, 6.07) is 9.43. The third-order valence-corrected chi connectivity index (χ3v) is 2.81. The molecule has 1 heterocycles. The number of aryl methyl sites for hydroxylation is 1. The average molecular weight is 279 g/mol. The Bertz CT molecular complexity index is 546. The van der Waals surface area contributed by atoms with Crippen LogP contribution in [0.25, 0.3) is 0 Å². The predicted molar refractivity (Wildman–Crippen MR) is 66.5 cm³/mol. The molecule has 0 atom stereocenters. The number of rotatable bonds is 2. The van der Waals surface area contributed by atoms with Crippen molar-refractivity contribution in [2.24, 2.45) is 0 Å². The maximum Gasteiger partial charge on any atom is 0.253 e. The van der Waals surface area contributed by atoms with Crippen molar-refractivity contribution >= 4 is 15.9 Å². The molecule has 4 heteroatoms. The van der Waals surface area contributed by atoms with Gasteiger partial charge in [-0.3, -0.25) is 9.36 Å². The van der Waals surface area contributed by atoms with Gasteiger partial charge >= 0.3 is 0 Å². The van der Waals surface area contributed by atoms with Gasteiger partial charge in [0, 0.05) is 16.2 Å². The second-order valence-corrected chi connectivity index (χ2v) is 4.54. The van der Waals surface area contributed by atoms with Gasteiger partial charge in [0.15, 0.2) is 0 Å². The standard InChI is InChI=1S/C12H11BrN2O/c1-9-6-12(16)15(8-14-9)7-10-2-4-11(13)5-3-10/h2-6,8H,7H2,1H3. The van der Waals surface area contributed by atoms with Crippen LogP contribution in [-0.4, -0.2) is 9.55 Å². The molecule has 2 aromatic rings. The molecule has 0 bridgehead atoms. The first-order valence-electron chi connectivity index (χ1n) is 4.93. The van der Waals surface area contributed by atoms with Gasteiger partial charge < -0.3 is 0 Å². The Morgan fingerprint density at radius 1 is 1.31 bits per heavy atom. The van der Waals surface area contributed by atoms with Crippen molar-refractivity contribution in [3.8, 4) is 0 Å². The summed E-state index contributed by atoms with van der Waals surface area (Å²) in [7, 11) is 0. The van der Waals surface area contributed by atoms with Crippen LogP contribution in [0, 0.1) is 6.92 Å². The van der Waals surface area contributed by atoms with Gasteiger partial charge in [0.2, 0.25) is 0 Å². The number of hydrogen-bond donors (Lipinski definition) is 0. The second-order valence-electron chi connectivity index (χ2n) is 3.62. The van der Waals surface area contributed by atoms with Crippen molar-refractivity contribution in [1.29, 1.82) is 0 Å². The van der Waals surface area contributed by atoms with E-state index in [1.165, 1.54) is 0 Å². The highest BCUT2D eigenvalue weighted by Crippen LogP contribution is 2.10. The molecule has 3 nitrogen and oxygen atoms in total.